The maximum absolute atomic E-state index is 11.3. The van der Waals surface area contributed by atoms with E-state index in [1.165, 1.54) is 6.07 Å². The monoisotopic (exact) mass is 243 g/mol. The van der Waals surface area contributed by atoms with Crippen LogP contribution in [0.3, 0.4) is 0 Å². The molecule has 0 spiro atoms. The predicted octanol–water partition coefficient (Wildman–Crippen LogP) is 1.71. The van der Waals surface area contributed by atoms with Crippen LogP contribution in [-0.4, -0.2) is 13.3 Å². The number of benzene rings is 1. The van der Waals surface area contributed by atoms with E-state index in [4.69, 9.17) is 17.4 Å². The van der Waals surface area contributed by atoms with Crippen LogP contribution in [0.1, 0.15) is 19.4 Å². The van der Waals surface area contributed by atoms with Gasteiger partial charge in [-0.1, -0.05) is 44.3 Å². The summed E-state index contributed by atoms with van der Waals surface area (Å²) in [6.45, 7) is 3.84. The molecule has 3 nitrogen and oxygen atoms in total. The first-order chi connectivity index (χ1) is 6.84. The zero-order valence-corrected chi connectivity index (χ0v) is 10.2. The Kier molecular flexibility index (Phi) is 3.59. The predicted molar refractivity (Wildman–Crippen MR) is 64.4 cm³/mol. The Morgan fingerprint density at radius 3 is 2.33 bits per heavy atom. The fourth-order valence-electron chi connectivity index (χ4n) is 1.23. The van der Waals surface area contributed by atoms with Gasteiger partial charge >= 0.3 is 0 Å². The number of rotatable bonds is 3. The van der Waals surface area contributed by atoms with Crippen LogP contribution < -0.4 is 5.14 Å². The molecule has 0 aliphatic heterocycles. The highest BCUT2D eigenvalue weighted by Crippen LogP contribution is 2.18. The number of sulfonamides is 1. The highest BCUT2D eigenvalue weighted by molar-refractivity contribution is 7.89. The van der Waals surface area contributed by atoms with E-state index in [-0.39, 0.29) is 10.8 Å². The van der Waals surface area contributed by atoms with Gasteiger partial charge in [-0.05, 0) is 12.0 Å². The molecule has 0 fully saturated rings. The number of hydrogen-bond donors (Lipinski definition) is 1. The van der Waals surface area contributed by atoms with E-state index in [1.54, 1.807) is 18.2 Å². The SMILES string of the molecule is CC(C)C(=S)c1ccccc1S(N)(=O)=O. The molecular weight excluding hydrogens is 230 g/mol. The van der Waals surface area contributed by atoms with E-state index in [0.29, 0.717) is 10.4 Å². The van der Waals surface area contributed by atoms with Crippen molar-refractivity contribution in [1.29, 1.82) is 0 Å². The molecule has 5 heteroatoms. The molecule has 2 N–H and O–H groups in total. The maximum Gasteiger partial charge on any atom is 0.238 e. The molecule has 1 aromatic carbocycles. The van der Waals surface area contributed by atoms with Crippen LogP contribution in [0.25, 0.3) is 0 Å². The molecule has 0 bridgehead atoms. The van der Waals surface area contributed by atoms with Crippen molar-refractivity contribution in [2.45, 2.75) is 18.7 Å². The molecule has 0 saturated heterocycles. The Morgan fingerprint density at radius 1 is 1.33 bits per heavy atom. The van der Waals surface area contributed by atoms with E-state index in [9.17, 15) is 8.42 Å². The Morgan fingerprint density at radius 2 is 1.87 bits per heavy atom. The standard InChI is InChI=1S/C10H13NO2S2/c1-7(2)10(14)8-5-3-4-6-9(8)15(11,12)13/h3-7H,1-2H3,(H2,11,12,13). The fraction of sp³-hybridized carbons (Fsp3) is 0.300. The van der Waals surface area contributed by atoms with Crippen molar-refractivity contribution < 1.29 is 8.42 Å². The first-order valence-electron chi connectivity index (χ1n) is 4.50. The minimum atomic E-state index is -3.70. The second-order valence-corrected chi connectivity index (χ2v) is 5.53. The molecular formula is C10H13NO2S2. The van der Waals surface area contributed by atoms with Gasteiger partial charge < -0.3 is 0 Å². The van der Waals surface area contributed by atoms with Gasteiger partial charge in [-0.15, -0.1) is 0 Å². The molecule has 0 heterocycles. The number of thiocarbonyl (C=S) groups is 1. The topological polar surface area (TPSA) is 60.2 Å². The molecule has 0 aromatic heterocycles. The Labute approximate surface area is 95.4 Å². The summed E-state index contributed by atoms with van der Waals surface area (Å²) in [5.74, 6) is 0.114. The summed E-state index contributed by atoms with van der Waals surface area (Å²) >= 11 is 5.18. The third-order valence-electron chi connectivity index (χ3n) is 1.98. The van der Waals surface area contributed by atoms with Gasteiger partial charge in [0.05, 0.1) is 4.90 Å². The minimum Gasteiger partial charge on any atom is -0.225 e. The van der Waals surface area contributed by atoms with Gasteiger partial charge in [-0.25, -0.2) is 13.6 Å². The summed E-state index contributed by atoms with van der Waals surface area (Å²) in [5, 5.41) is 5.11. The van der Waals surface area contributed by atoms with E-state index in [2.05, 4.69) is 0 Å². The van der Waals surface area contributed by atoms with Crippen molar-refractivity contribution in [3.63, 3.8) is 0 Å². The molecule has 0 aliphatic carbocycles. The maximum atomic E-state index is 11.3. The smallest absolute Gasteiger partial charge is 0.225 e. The first-order valence-corrected chi connectivity index (χ1v) is 6.45. The van der Waals surface area contributed by atoms with Gasteiger partial charge in [-0.3, -0.25) is 0 Å². The van der Waals surface area contributed by atoms with Crippen LogP contribution in [-0.2, 0) is 10.0 Å². The molecule has 0 atom stereocenters. The van der Waals surface area contributed by atoms with Gasteiger partial charge in [0.15, 0.2) is 0 Å². The Balaban J connectivity index is 3.38. The molecule has 1 aromatic rings. The van der Waals surface area contributed by atoms with Crippen molar-refractivity contribution in [2.24, 2.45) is 11.1 Å². The van der Waals surface area contributed by atoms with Crippen molar-refractivity contribution in [2.75, 3.05) is 0 Å². The van der Waals surface area contributed by atoms with Gasteiger partial charge in [0.2, 0.25) is 10.0 Å². The summed E-state index contributed by atoms with van der Waals surface area (Å²) in [7, 11) is -3.70. The van der Waals surface area contributed by atoms with Crippen molar-refractivity contribution in [3.8, 4) is 0 Å². The quantitative estimate of drug-likeness (QED) is 0.649. The minimum absolute atomic E-state index is 0.101. The molecule has 0 radical (unpaired) electrons. The number of nitrogens with two attached hydrogens (primary N) is 1. The van der Waals surface area contributed by atoms with Crippen LogP contribution in [0.4, 0.5) is 0 Å². The lowest BCUT2D eigenvalue weighted by atomic mass is 10.0. The van der Waals surface area contributed by atoms with Crippen LogP contribution in [0, 0.1) is 5.92 Å². The van der Waals surface area contributed by atoms with Gasteiger partial charge in [-0.2, -0.15) is 0 Å². The van der Waals surface area contributed by atoms with Crippen LogP contribution in [0.15, 0.2) is 29.2 Å². The Hall–Kier alpha value is -0.780. The zero-order chi connectivity index (χ0) is 11.6. The van der Waals surface area contributed by atoms with Crippen molar-refractivity contribution >= 4 is 27.1 Å². The lowest BCUT2D eigenvalue weighted by molar-refractivity contribution is 0.597. The number of primary sulfonamides is 1. The van der Waals surface area contributed by atoms with E-state index in [0.717, 1.165) is 0 Å². The number of hydrogen-bond acceptors (Lipinski definition) is 3. The molecule has 0 saturated carbocycles. The lowest BCUT2D eigenvalue weighted by Crippen LogP contribution is -2.18. The molecule has 1 rings (SSSR count). The Bertz CT molecular complexity index is 478. The second kappa shape index (κ2) is 4.38. The first kappa shape index (κ1) is 12.3. The van der Waals surface area contributed by atoms with Crippen LogP contribution in [0.5, 0.6) is 0 Å². The average molecular weight is 243 g/mol. The van der Waals surface area contributed by atoms with Gasteiger partial charge in [0, 0.05) is 10.4 Å². The van der Waals surface area contributed by atoms with E-state index >= 15 is 0 Å². The van der Waals surface area contributed by atoms with Crippen LogP contribution in [0.2, 0.25) is 0 Å². The van der Waals surface area contributed by atoms with Gasteiger partial charge in [0.25, 0.3) is 0 Å². The third-order valence-corrected chi connectivity index (χ3v) is 3.64. The normalized spacial score (nSPS) is 11.7. The molecule has 82 valence electrons. The molecule has 0 aliphatic rings. The molecule has 0 amide bonds. The summed E-state index contributed by atoms with van der Waals surface area (Å²) in [6.07, 6.45) is 0. The average Bonchev–Trinajstić information content (AvgIpc) is 2.15. The molecule has 0 unspecified atom stereocenters. The summed E-state index contributed by atoms with van der Waals surface area (Å²) < 4.78 is 22.6. The van der Waals surface area contributed by atoms with E-state index in [1.807, 2.05) is 13.8 Å². The van der Waals surface area contributed by atoms with Gasteiger partial charge in [0.1, 0.15) is 0 Å². The third kappa shape index (κ3) is 2.84. The molecule has 15 heavy (non-hydrogen) atoms. The highest BCUT2D eigenvalue weighted by atomic mass is 32.2. The second-order valence-electron chi connectivity index (χ2n) is 3.56. The highest BCUT2D eigenvalue weighted by Gasteiger charge is 2.17. The summed E-state index contributed by atoms with van der Waals surface area (Å²) in [6, 6.07) is 6.53. The largest absolute Gasteiger partial charge is 0.238 e. The van der Waals surface area contributed by atoms with E-state index < -0.39 is 10.0 Å². The van der Waals surface area contributed by atoms with Crippen LogP contribution >= 0.6 is 12.2 Å². The van der Waals surface area contributed by atoms with Crippen molar-refractivity contribution in [3.05, 3.63) is 29.8 Å². The summed E-state index contributed by atoms with van der Waals surface area (Å²) in [5.41, 5.74) is 0.532. The summed E-state index contributed by atoms with van der Waals surface area (Å²) in [4.78, 5) is 0.711. The fourth-order valence-corrected chi connectivity index (χ4v) is 2.22. The zero-order valence-electron chi connectivity index (χ0n) is 8.60. The lowest BCUT2D eigenvalue weighted by Gasteiger charge is -2.11. The van der Waals surface area contributed by atoms with Crippen molar-refractivity contribution in [1.82, 2.24) is 0 Å².